The Morgan fingerprint density at radius 2 is 1.97 bits per heavy atom. The summed E-state index contributed by atoms with van der Waals surface area (Å²) in [4.78, 5) is 14.4. The molecule has 30 heavy (non-hydrogen) atoms. The lowest BCUT2D eigenvalue weighted by Crippen LogP contribution is -2.37. The van der Waals surface area contributed by atoms with Crippen LogP contribution in [0.25, 0.3) is 5.69 Å². The number of benzene rings is 1. The molecule has 0 aliphatic carbocycles. The summed E-state index contributed by atoms with van der Waals surface area (Å²) >= 11 is 1.40. The van der Waals surface area contributed by atoms with Crippen LogP contribution < -0.4 is 10.2 Å². The van der Waals surface area contributed by atoms with Crippen LogP contribution in [0.3, 0.4) is 0 Å². The highest BCUT2D eigenvalue weighted by Crippen LogP contribution is 2.27. The number of hydrogen-bond acceptors (Lipinski definition) is 7. The molecule has 1 aromatic heterocycles. The quantitative estimate of drug-likeness (QED) is 0.455. The average molecular weight is 434 g/mol. The second-order valence-corrected chi connectivity index (χ2v) is 8.41. The van der Waals surface area contributed by atoms with Gasteiger partial charge in [0.2, 0.25) is 11.9 Å². The maximum atomic E-state index is 12.3. The van der Waals surface area contributed by atoms with Gasteiger partial charge in [-0.05, 0) is 39.3 Å². The van der Waals surface area contributed by atoms with Gasteiger partial charge in [0.1, 0.15) is 0 Å². The van der Waals surface area contributed by atoms with Crippen molar-refractivity contribution in [2.45, 2.75) is 38.5 Å². The number of aryl methyl sites for hydroxylation is 1. The molecule has 0 saturated carbocycles. The predicted molar refractivity (Wildman–Crippen MR) is 119 cm³/mol. The zero-order valence-corrected chi connectivity index (χ0v) is 18.8. The second kappa shape index (κ2) is 11.3. The molecule has 1 N–H and O–H groups in total. The fourth-order valence-electron chi connectivity index (χ4n) is 3.04. The summed E-state index contributed by atoms with van der Waals surface area (Å²) in [6.45, 7) is 10.2. The van der Waals surface area contributed by atoms with Crippen LogP contribution in [0.5, 0.6) is 0 Å². The Morgan fingerprint density at radius 1 is 1.23 bits per heavy atom. The molecule has 1 aliphatic heterocycles. The van der Waals surface area contributed by atoms with Gasteiger partial charge in [0.25, 0.3) is 0 Å². The predicted octanol–water partition coefficient (Wildman–Crippen LogP) is 2.44. The molecular formula is C21H31N5O3S. The lowest BCUT2D eigenvalue weighted by atomic mass is 10.2. The number of nitrogens with one attached hydrogen (secondary N) is 1. The monoisotopic (exact) mass is 433 g/mol. The molecule has 8 nitrogen and oxygen atoms in total. The van der Waals surface area contributed by atoms with Crippen molar-refractivity contribution >= 4 is 23.6 Å². The lowest BCUT2D eigenvalue weighted by Gasteiger charge is -2.27. The minimum Gasteiger partial charge on any atom is -0.379 e. The molecule has 9 heteroatoms. The molecule has 1 saturated heterocycles. The fraction of sp³-hybridized carbons (Fsp3) is 0.571. The van der Waals surface area contributed by atoms with Gasteiger partial charge in [-0.3, -0.25) is 9.36 Å². The smallest absolute Gasteiger partial charge is 0.232 e. The first-order chi connectivity index (χ1) is 14.5. The third kappa shape index (κ3) is 6.45. The minimum absolute atomic E-state index is 0.0177. The third-order valence-corrected chi connectivity index (χ3v) is 5.56. The van der Waals surface area contributed by atoms with Crippen molar-refractivity contribution in [3.63, 3.8) is 0 Å². The Hall–Kier alpha value is -2.10. The number of anilines is 1. The molecule has 0 spiro atoms. The number of carbonyl (C=O) groups is 1. The summed E-state index contributed by atoms with van der Waals surface area (Å²) in [5.74, 6) is 1.06. The maximum absolute atomic E-state index is 12.3. The number of aromatic nitrogens is 3. The van der Waals surface area contributed by atoms with E-state index in [-0.39, 0.29) is 17.8 Å². The van der Waals surface area contributed by atoms with E-state index in [0.717, 1.165) is 31.1 Å². The molecule has 2 aromatic rings. The van der Waals surface area contributed by atoms with E-state index in [1.54, 1.807) is 0 Å². The SMILES string of the molecule is Cc1ccc(-n2c(SCC(=O)NCCCOC(C)C)nnc2N2CCOCC2)cc1. The Kier molecular flexibility index (Phi) is 8.53. The van der Waals surface area contributed by atoms with Crippen LogP contribution in [-0.2, 0) is 14.3 Å². The number of nitrogens with zero attached hydrogens (tertiary/aromatic N) is 4. The minimum atomic E-state index is -0.0177. The maximum Gasteiger partial charge on any atom is 0.232 e. The topological polar surface area (TPSA) is 81.5 Å². The molecule has 1 amide bonds. The summed E-state index contributed by atoms with van der Waals surface area (Å²) < 4.78 is 13.0. The molecule has 1 aromatic carbocycles. The largest absolute Gasteiger partial charge is 0.379 e. The number of hydrogen-bond donors (Lipinski definition) is 1. The van der Waals surface area contributed by atoms with E-state index in [0.29, 0.717) is 31.5 Å². The number of amides is 1. The highest BCUT2D eigenvalue weighted by molar-refractivity contribution is 7.99. The first-order valence-corrected chi connectivity index (χ1v) is 11.4. The Bertz CT molecular complexity index is 803. The van der Waals surface area contributed by atoms with E-state index < -0.39 is 0 Å². The van der Waals surface area contributed by atoms with Gasteiger partial charge in [-0.15, -0.1) is 10.2 Å². The molecule has 0 atom stereocenters. The van der Waals surface area contributed by atoms with Gasteiger partial charge < -0.3 is 19.7 Å². The molecule has 1 fully saturated rings. The van der Waals surface area contributed by atoms with Crippen molar-refractivity contribution < 1.29 is 14.3 Å². The molecule has 0 unspecified atom stereocenters. The zero-order chi connectivity index (χ0) is 21.3. The number of rotatable bonds is 10. The Labute approximate surface area is 182 Å². The van der Waals surface area contributed by atoms with Crippen LogP contribution in [0, 0.1) is 6.92 Å². The number of morpholine rings is 1. The van der Waals surface area contributed by atoms with Crippen molar-refractivity contribution in [3.05, 3.63) is 29.8 Å². The van der Waals surface area contributed by atoms with E-state index in [1.165, 1.54) is 17.3 Å². The summed E-state index contributed by atoms with van der Waals surface area (Å²) in [6, 6.07) is 8.25. The van der Waals surface area contributed by atoms with Gasteiger partial charge >= 0.3 is 0 Å². The van der Waals surface area contributed by atoms with E-state index in [2.05, 4.69) is 51.6 Å². The van der Waals surface area contributed by atoms with Gasteiger partial charge in [0.05, 0.1) is 30.8 Å². The molecule has 2 heterocycles. The molecular weight excluding hydrogens is 402 g/mol. The fourth-order valence-corrected chi connectivity index (χ4v) is 3.82. The van der Waals surface area contributed by atoms with Crippen molar-refractivity contribution in [3.8, 4) is 5.69 Å². The average Bonchev–Trinajstić information content (AvgIpc) is 3.17. The van der Waals surface area contributed by atoms with E-state index in [4.69, 9.17) is 9.47 Å². The molecule has 3 rings (SSSR count). The van der Waals surface area contributed by atoms with Gasteiger partial charge in [0, 0.05) is 26.2 Å². The summed E-state index contributed by atoms with van der Waals surface area (Å²) in [6.07, 6.45) is 1.01. The first-order valence-electron chi connectivity index (χ1n) is 10.4. The van der Waals surface area contributed by atoms with Crippen LogP contribution in [0.2, 0.25) is 0 Å². The Balaban J connectivity index is 1.64. The summed E-state index contributed by atoms with van der Waals surface area (Å²) in [5.41, 5.74) is 2.18. The van der Waals surface area contributed by atoms with Crippen LogP contribution >= 0.6 is 11.8 Å². The van der Waals surface area contributed by atoms with Crippen molar-refractivity contribution in [2.75, 3.05) is 50.1 Å². The van der Waals surface area contributed by atoms with Gasteiger partial charge in [-0.1, -0.05) is 29.5 Å². The molecule has 0 radical (unpaired) electrons. The summed E-state index contributed by atoms with van der Waals surface area (Å²) in [7, 11) is 0. The highest BCUT2D eigenvalue weighted by Gasteiger charge is 2.22. The molecule has 0 bridgehead atoms. The van der Waals surface area contributed by atoms with E-state index >= 15 is 0 Å². The summed E-state index contributed by atoms with van der Waals surface area (Å²) in [5, 5.41) is 12.5. The highest BCUT2D eigenvalue weighted by atomic mass is 32.2. The van der Waals surface area contributed by atoms with E-state index in [9.17, 15) is 4.79 Å². The van der Waals surface area contributed by atoms with Crippen molar-refractivity contribution in [1.29, 1.82) is 0 Å². The normalized spacial score (nSPS) is 14.3. The van der Waals surface area contributed by atoms with Crippen LogP contribution in [0.4, 0.5) is 5.95 Å². The van der Waals surface area contributed by atoms with Crippen molar-refractivity contribution in [2.24, 2.45) is 0 Å². The Morgan fingerprint density at radius 3 is 2.67 bits per heavy atom. The third-order valence-electron chi connectivity index (χ3n) is 4.63. The van der Waals surface area contributed by atoms with Gasteiger partial charge in [-0.25, -0.2) is 0 Å². The zero-order valence-electron chi connectivity index (χ0n) is 18.0. The van der Waals surface area contributed by atoms with Gasteiger partial charge in [-0.2, -0.15) is 0 Å². The van der Waals surface area contributed by atoms with Crippen LogP contribution in [0.1, 0.15) is 25.8 Å². The van der Waals surface area contributed by atoms with Crippen molar-refractivity contribution in [1.82, 2.24) is 20.1 Å². The lowest BCUT2D eigenvalue weighted by molar-refractivity contribution is -0.118. The van der Waals surface area contributed by atoms with E-state index in [1.807, 2.05) is 18.4 Å². The first kappa shape index (κ1) is 22.6. The number of ether oxygens (including phenoxy) is 2. The van der Waals surface area contributed by atoms with Gasteiger partial charge in [0.15, 0.2) is 5.16 Å². The van der Waals surface area contributed by atoms with Crippen LogP contribution in [0.15, 0.2) is 29.4 Å². The standard InChI is InChI=1S/C21H31N5O3S/c1-16(2)29-12-4-9-22-19(27)15-30-21-24-23-20(25-10-13-28-14-11-25)26(21)18-7-5-17(3)6-8-18/h5-8,16H,4,9-15H2,1-3H3,(H,22,27). The second-order valence-electron chi connectivity index (χ2n) is 7.46. The number of carbonyl (C=O) groups excluding carboxylic acids is 1. The number of thioether (sulfide) groups is 1. The van der Waals surface area contributed by atoms with Crippen LogP contribution in [-0.4, -0.2) is 72.0 Å². The molecule has 164 valence electrons. The molecule has 1 aliphatic rings.